The van der Waals surface area contributed by atoms with Gasteiger partial charge in [-0.05, 0) is 25.9 Å². The second-order valence-electron chi connectivity index (χ2n) is 2.94. The predicted molar refractivity (Wildman–Crippen MR) is 53.5 cm³/mol. The lowest BCUT2D eigenvalue weighted by Gasteiger charge is -2.12. The Morgan fingerprint density at radius 2 is 2.29 bits per heavy atom. The first-order chi connectivity index (χ1) is 6.76. The van der Waals surface area contributed by atoms with Crippen LogP contribution in [0, 0.1) is 0 Å². The third kappa shape index (κ3) is 5.59. The minimum absolute atomic E-state index is 0.368. The second kappa shape index (κ2) is 8.56. The van der Waals surface area contributed by atoms with Gasteiger partial charge in [-0.3, -0.25) is 4.79 Å². The maximum Gasteiger partial charge on any atom is 0.273 e. The van der Waals surface area contributed by atoms with Crippen molar-refractivity contribution in [2.45, 2.75) is 32.2 Å². The molecule has 5 nitrogen and oxygen atoms in total. The highest BCUT2D eigenvalue weighted by Crippen LogP contribution is 2.01. The SMILES string of the molecule is CCNC(CCCCN)C(=O)N=C=O. The highest BCUT2D eigenvalue weighted by molar-refractivity contribution is 5.86. The third-order valence-electron chi connectivity index (χ3n) is 1.85. The average Bonchev–Trinajstić information content (AvgIpc) is 2.17. The van der Waals surface area contributed by atoms with Gasteiger partial charge in [0.25, 0.3) is 5.91 Å². The molecule has 0 aromatic carbocycles. The monoisotopic (exact) mass is 199 g/mol. The number of rotatable bonds is 7. The number of amides is 1. The Kier molecular flexibility index (Phi) is 7.93. The molecule has 0 aliphatic carbocycles. The van der Waals surface area contributed by atoms with Crippen LogP contribution in [-0.2, 0) is 9.59 Å². The van der Waals surface area contributed by atoms with Gasteiger partial charge in [0.05, 0.1) is 6.04 Å². The van der Waals surface area contributed by atoms with Crippen molar-refractivity contribution >= 4 is 12.0 Å². The molecule has 0 aromatic rings. The Hall–Kier alpha value is -1.03. The maximum atomic E-state index is 11.2. The van der Waals surface area contributed by atoms with Gasteiger partial charge < -0.3 is 11.1 Å². The van der Waals surface area contributed by atoms with Gasteiger partial charge in [-0.1, -0.05) is 13.3 Å². The van der Waals surface area contributed by atoms with E-state index in [0.717, 1.165) is 12.8 Å². The number of nitrogens with one attached hydrogen (secondary N) is 1. The van der Waals surface area contributed by atoms with E-state index in [1.165, 1.54) is 6.08 Å². The molecule has 0 saturated carbocycles. The lowest BCUT2D eigenvalue weighted by atomic mass is 10.1. The van der Waals surface area contributed by atoms with Gasteiger partial charge >= 0.3 is 0 Å². The summed E-state index contributed by atoms with van der Waals surface area (Å²) in [5, 5.41) is 2.96. The summed E-state index contributed by atoms with van der Waals surface area (Å²) < 4.78 is 0. The van der Waals surface area contributed by atoms with Crippen molar-refractivity contribution in [3.63, 3.8) is 0 Å². The van der Waals surface area contributed by atoms with Crippen LogP contribution >= 0.6 is 0 Å². The van der Waals surface area contributed by atoms with Gasteiger partial charge in [-0.15, -0.1) is 4.99 Å². The molecule has 1 unspecified atom stereocenters. The number of hydrogen-bond donors (Lipinski definition) is 2. The van der Waals surface area contributed by atoms with Crippen LogP contribution in [0.15, 0.2) is 4.99 Å². The van der Waals surface area contributed by atoms with E-state index in [9.17, 15) is 9.59 Å². The highest BCUT2D eigenvalue weighted by atomic mass is 16.2. The molecule has 3 N–H and O–H groups in total. The van der Waals surface area contributed by atoms with E-state index in [4.69, 9.17) is 5.73 Å². The van der Waals surface area contributed by atoms with Crippen molar-refractivity contribution in [1.29, 1.82) is 0 Å². The molecule has 0 aliphatic rings. The van der Waals surface area contributed by atoms with Crippen LogP contribution in [0.1, 0.15) is 26.2 Å². The Bertz CT molecular complexity index is 212. The highest BCUT2D eigenvalue weighted by Gasteiger charge is 2.15. The molecule has 0 aliphatic heterocycles. The van der Waals surface area contributed by atoms with Crippen LogP contribution < -0.4 is 11.1 Å². The fourth-order valence-corrected chi connectivity index (χ4v) is 1.17. The van der Waals surface area contributed by atoms with E-state index in [0.29, 0.717) is 19.5 Å². The molecule has 80 valence electrons. The average molecular weight is 199 g/mol. The fourth-order valence-electron chi connectivity index (χ4n) is 1.17. The quantitative estimate of drug-likeness (QED) is 0.342. The van der Waals surface area contributed by atoms with Gasteiger partial charge in [0.15, 0.2) is 0 Å². The maximum absolute atomic E-state index is 11.2. The lowest BCUT2D eigenvalue weighted by molar-refractivity contribution is -0.119. The van der Waals surface area contributed by atoms with Gasteiger partial charge in [-0.2, -0.15) is 0 Å². The smallest absolute Gasteiger partial charge is 0.273 e. The summed E-state index contributed by atoms with van der Waals surface area (Å²) in [6.45, 7) is 3.19. The van der Waals surface area contributed by atoms with E-state index >= 15 is 0 Å². The zero-order valence-corrected chi connectivity index (χ0v) is 8.45. The van der Waals surface area contributed by atoms with Crippen molar-refractivity contribution in [1.82, 2.24) is 5.32 Å². The van der Waals surface area contributed by atoms with Crippen molar-refractivity contribution < 1.29 is 9.59 Å². The number of hydrogen-bond acceptors (Lipinski definition) is 4. The molecule has 5 heteroatoms. The van der Waals surface area contributed by atoms with Crippen LogP contribution in [0.2, 0.25) is 0 Å². The topological polar surface area (TPSA) is 84.5 Å². The van der Waals surface area contributed by atoms with E-state index < -0.39 is 5.91 Å². The standard InChI is InChI=1S/C9H17N3O2/c1-2-11-8(5-3-4-6-10)9(14)12-7-13/h8,11H,2-6,10H2,1H3. The van der Waals surface area contributed by atoms with E-state index in [1.807, 2.05) is 6.92 Å². The van der Waals surface area contributed by atoms with Crippen LogP contribution in [0.4, 0.5) is 0 Å². The van der Waals surface area contributed by atoms with Gasteiger partial charge in [0, 0.05) is 0 Å². The Labute approximate surface area is 83.8 Å². The number of carbonyl (C=O) groups is 1. The zero-order valence-electron chi connectivity index (χ0n) is 8.45. The molecule has 1 atom stereocenters. The molecule has 0 heterocycles. The van der Waals surface area contributed by atoms with E-state index in [-0.39, 0.29) is 6.04 Å². The Morgan fingerprint density at radius 1 is 1.57 bits per heavy atom. The van der Waals surface area contributed by atoms with Crippen LogP contribution in [0.25, 0.3) is 0 Å². The number of nitrogens with two attached hydrogens (primary N) is 1. The molecule has 1 amide bonds. The molecule has 0 aromatic heterocycles. The number of carbonyl (C=O) groups excluding carboxylic acids is 2. The van der Waals surface area contributed by atoms with Crippen molar-refractivity contribution in [2.24, 2.45) is 10.7 Å². The van der Waals surface area contributed by atoms with Crippen molar-refractivity contribution in [3.8, 4) is 0 Å². The molecule has 0 saturated heterocycles. The number of aliphatic imine (C=N–C) groups is 1. The fraction of sp³-hybridized carbons (Fsp3) is 0.778. The number of likely N-dealkylation sites (N-methyl/N-ethyl adjacent to an activating group) is 1. The summed E-state index contributed by atoms with van der Waals surface area (Å²) in [7, 11) is 0. The second-order valence-corrected chi connectivity index (χ2v) is 2.94. The zero-order chi connectivity index (χ0) is 10.8. The van der Waals surface area contributed by atoms with Crippen LogP contribution in [-0.4, -0.2) is 31.1 Å². The summed E-state index contributed by atoms with van der Waals surface area (Å²) in [4.78, 5) is 24.2. The van der Waals surface area contributed by atoms with Crippen LogP contribution in [0.5, 0.6) is 0 Å². The summed E-state index contributed by atoms with van der Waals surface area (Å²) in [5.74, 6) is -0.445. The third-order valence-corrected chi connectivity index (χ3v) is 1.85. The lowest BCUT2D eigenvalue weighted by Crippen LogP contribution is -2.35. The first kappa shape index (κ1) is 13.0. The molecule has 0 spiro atoms. The minimum Gasteiger partial charge on any atom is -0.330 e. The molecule has 0 radical (unpaired) electrons. The number of isocyanates is 1. The van der Waals surface area contributed by atoms with Crippen molar-refractivity contribution in [2.75, 3.05) is 13.1 Å². The summed E-state index contributed by atoms with van der Waals surface area (Å²) in [6, 6.07) is -0.368. The van der Waals surface area contributed by atoms with Gasteiger partial charge in [-0.25, -0.2) is 4.79 Å². The van der Waals surface area contributed by atoms with Gasteiger partial charge in [0.1, 0.15) is 0 Å². The molecule has 0 bridgehead atoms. The molecule has 0 fully saturated rings. The first-order valence-electron chi connectivity index (χ1n) is 4.81. The van der Waals surface area contributed by atoms with E-state index in [2.05, 4.69) is 10.3 Å². The van der Waals surface area contributed by atoms with Gasteiger partial charge in [0.2, 0.25) is 6.08 Å². The Morgan fingerprint density at radius 3 is 2.79 bits per heavy atom. The summed E-state index contributed by atoms with van der Waals surface area (Å²) in [6.07, 6.45) is 3.65. The molecular formula is C9H17N3O2. The van der Waals surface area contributed by atoms with Crippen molar-refractivity contribution in [3.05, 3.63) is 0 Å². The predicted octanol–water partition coefficient (Wildman–Crippen LogP) is -0.0441. The summed E-state index contributed by atoms with van der Waals surface area (Å²) >= 11 is 0. The first-order valence-corrected chi connectivity index (χ1v) is 4.81. The summed E-state index contributed by atoms with van der Waals surface area (Å²) in [5.41, 5.74) is 5.33. The Balaban J connectivity index is 3.99. The largest absolute Gasteiger partial charge is 0.330 e. The minimum atomic E-state index is -0.445. The normalized spacial score (nSPS) is 11.9. The van der Waals surface area contributed by atoms with E-state index in [1.54, 1.807) is 0 Å². The number of nitrogens with zero attached hydrogens (tertiary/aromatic N) is 1. The molecular weight excluding hydrogens is 182 g/mol. The molecule has 0 rings (SSSR count). The van der Waals surface area contributed by atoms with Crippen LogP contribution in [0.3, 0.4) is 0 Å². The number of unbranched alkanes of at least 4 members (excludes halogenated alkanes) is 1. The molecule has 14 heavy (non-hydrogen) atoms.